The standard InChI is InChI=1S/C12H22O7S.H3N/c1-8(2)6-18-11(13)5-10(20(15,16)17)12(14)19-7-9(3)4;/h8-10H,5-7H2,1-4H3,(H,15,16,17);1H3. The van der Waals surface area contributed by atoms with Crippen LogP contribution in [-0.2, 0) is 29.2 Å². The summed E-state index contributed by atoms with van der Waals surface area (Å²) in [5.41, 5.74) is 0. The summed E-state index contributed by atoms with van der Waals surface area (Å²) in [4.78, 5) is 23.0. The molecule has 0 aliphatic heterocycles. The summed E-state index contributed by atoms with van der Waals surface area (Å²) in [6, 6.07) is 0. The lowest BCUT2D eigenvalue weighted by molar-refractivity contribution is -0.151. The van der Waals surface area contributed by atoms with Gasteiger partial charge in [-0.25, -0.2) is 0 Å². The van der Waals surface area contributed by atoms with Crippen LogP contribution in [0.15, 0.2) is 0 Å². The molecule has 0 saturated carbocycles. The van der Waals surface area contributed by atoms with E-state index in [0.29, 0.717) is 0 Å². The largest absolute Gasteiger partial charge is 0.465 e. The van der Waals surface area contributed by atoms with Crippen LogP contribution in [0.4, 0.5) is 0 Å². The lowest BCUT2D eigenvalue weighted by Crippen LogP contribution is -2.35. The van der Waals surface area contributed by atoms with Gasteiger partial charge >= 0.3 is 11.9 Å². The molecule has 0 bridgehead atoms. The summed E-state index contributed by atoms with van der Waals surface area (Å²) in [6.45, 7) is 7.28. The van der Waals surface area contributed by atoms with E-state index >= 15 is 0 Å². The summed E-state index contributed by atoms with van der Waals surface area (Å²) in [5.74, 6) is -1.93. The highest BCUT2D eigenvalue weighted by molar-refractivity contribution is 7.87. The molecule has 0 aromatic heterocycles. The number of esters is 2. The number of carbonyl (C=O) groups is 2. The monoisotopic (exact) mass is 327 g/mol. The molecule has 8 nitrogen and oxygen atoms in total. The van der Waals surface area contributed by atoms with Crippen molar-refractivity contribution < 1.29 is 32.0 Å². The van der Waals surface area contributed by atoms with Crippen LogP contribution in [0.5, 0.6) is 0 Å². The first kappa shape index (κ1) is 22.1. The number of rotatable bonds is 8. The fraction of sp³-hybridized carbons (Fsp3) is 0.833. The highest BCUT2D eigenvalue weighted by Gasteiger charge is 2.35. The Balaban J connectivity index is 0. The Hall–Kier alpha value is -1.19. The average molecular weight is 327 g/mol. The van der Waals surface area contributed by atoms with Gasteiger partial charge in [-0.1, -0.05) is 27.7 Å². The Kier molecular flexibility index (Phi) is 10.2. The molecule has 0 aromatic rings. The third kappa shape index (κ3) is 10.2. The maximum atomic E-state index is 11.6. The first-order valence-electron chi connectivity index (χ1n) is 6.32. The molecule has 0 saturated heterocycles. The van der Waals surface area contributed by atoms with Crippen molar-refractivity contribution in [3.8, 4) is 0 Å². The molecule has 1 atom stereocenters. The second-order valence-electron chi connectivity index (χ2n) is 5.31. The van der Waals surface area contributed by atoms with Crippen LogP contribution in [-0.4, -0.2) is 43.4 Å². The SMILES string of the molecule is CC(C)COC(=O)CC(C(=O)OCC(C)C)S(=O)(=O)O.N. The predicted octanol–water partition coefficient (Wildman–Crippen LogP) is 1.19. The van der Waals surface area contributed by atoms with Crippen LogP contribution in [0.3, 0.4) is 0 Å². The Labute approximate surface area is 125 Å². The summed E-state index contributed by atoms with van der Waals surface area (Å²) >= 11 is 0. The van der Waals surface area contributed by atoms with Crippen molar-refractivity contribution in [1.82, 2.24) is 6.15 Å². The third-order valence-electron chi connectivity index (χ3n) is 2.11. The number of carbonyl (C=O) groups excluding carboxylic acids is 2. The minimum atomic E-state index is -4.72. The van der Waals surface area contributed by atoms with E-state index in [1.165, 1.54) is 0 Å². The number of ether oxygens (including phenoxy) is 2. The van der Waals surface area contributed by atoms with Gasteiger partial charge in [-0.3, -0.25) is 14.1 Å². The highest BCUT2D eigenvalue weighted by Crippen LogP contribution is 2.10. The van der Waals surface area contributed by atoms with E-state index in [1.807, 2.05) is 13.8 Å². The van der Waals surface area contributed by atoms with Gasteiger partial charge in [0.1, 0.15) is 0 Å². The van der Waals surface area contributed by atoms with Crippen LogP contribution in [0.2, 0.25) is 0 Å². The van der Waals surface area contributed by atoms with Crippen molar-refractivity contribution in [3.63, 3.8) is 0 Å². The van der Waals surface area contributed by atoms with Gasteiger partial charge in [0.25, 0.3) is 10.1 Å². The molecule has 21 heavy (non-hydrogen) atoms. The van der Waals surface area contributed by atoms with E-state index in [9.17, 15) is 18.0 Å². The summed E-state index contributed by atoms with van der Waals surface area (Å²) < 4.78 is 40.8. The molecule has 0 heterocycles. The quantitative estimate of drug-likeness (QED) is 0.500. The molecule has 0 spiro atoms. The molecule has 0 aliphatic rings. The van der Waals surface area contributed by atoms with E-state index < -0.39 is 33.7 Å². The Morgan fingerprint density at radius 2 is 1.43 bits per heavy atom. The van der Waals surface area contributed by atoms with Crippen molar-refractivity contribution >= 4 is 22.1 Å². The van der Waals surface area contributed by atoms with Crippen LogP contribution in [0.1, 0.15) is 34.1 Å². The van der Waals surface area contributed by atoms with Crippen LogP contribution < -0.4 is 6.15 Å². The molecule has 0 amide bonds. The molecular weight excluding hydrogens is 302 g/mol. The van der Waals surface area contributed by atoms with E-state index in [0.717, 1.165) is 0 Å². The summed E-state index contributed by atoms with van der Waals surface area (Å²) in [5, 5.41) is -1.94. The zero-order chi connectivity index (χ0) is 15.9. The summed E-state index contributed by atoms with van der Waals surface area (Å²) in [6.07, 6.45) is -0.761. The van der Waals surface area contributed by atoms with E-state index in [2.05, 4.69) is 0 Å². The predicted molar refractivity (Wildman–Crippen MR) is 76.6 cm³/mol. The Bertz CT molecular complexity index is 431. The molecule has 4 N–H and O–H groups in total. The zero-order valence-corrected chi connectivity index (χ0v) is 13.7. The second kappa shape index (κ2) is 9.69. The average Bonchev–Trinajstić information content (AvgIpc) is 2.28. The molecule has 0 fully saturated rings. The molecular formula is C12H25NO7S. The van der Waals surface area contributed by atoms with Gasteiger partial charge in [0.15, 0.2) is 5.25 Å². The minimum absolute atomic E-state index is 0. The maximum Gasteiger partial charge on any atom is 0.327 e. The smallest absolute Gasteiger partial charge is 0.327 e. The fourth-order valence-corrected chi connectivity index (χ4v) is 1.78. The van der Waals surface area contributed by atoms with E-state index in [1.54, 1.807) is 13.8 Å². The first-order valence-corrected chi connectivity index (χ1v) is 7.83. The molecule has 0 radical (unpaired) electrons. The van der Waals surface area contributed by atoms with Crippen LogP contribution in [0, 0.1) is 11.8 Å². The van der Waals surface area contributed by atoms with Crippen molar-refractivity contribution in [1.29, 1.82) is 0 Å². The Morgan fingerprint density at radius 1 is 1.00 bits per heavy atom. The first-order chi connectivity index (χ1) is 9.04. The van der Waals surface area contributed by atoms with E-state index in [-0.39, 0.29) is 31.2 Å². The van der Waals surface area contributed by atoms with Gasteiger partial charge < -0.3 is 15.6 Å². The molecule has 0 aromatic carbocycles. The van der Waals surface area contributed by atoms with Crippen molar-refractivity contribution in [2.45, 2.75) is 39.4 Å². The van der Waals surface area contributed by atoms with Gasteiger partial charge in [0.2, 0.25) is 0 Å². The number of hydrogen-bond donors (Lipinski definition) is 2. The molecule has 1 unspecified atom stereocenters. The molecule has 126 valence electrons. The maximum absolute atomic E-state index is 11.6. The van der Waals surface area contributed by atoms with E-state index in [4.69, 9.17) is 14.0 Å². The van der Waals surface area contributed by atoms with Gasteiger partial charge in [-0.2, -0.15) is 8.42 Å². The van der Waals surface area contributed by atoms with Gasteiger partial charge in [-0.15, -0.1) is 0 Å². The van der Waals surface area contributed by atoms with Crippen LogP contribution >= 0.6 is 0 Å². The molecule has 9 heteroatoms. The highest BCUT2D eigenvalue weighted by atomic mass is 32.2. The van der Waals surface area contributed by atoms with Crippen molar-refractivity contribution in [2.75, 3.05) is 13.2 Å². The minimum Gasteiger partial charge on any atom is -0.465 e. The lowest BCUT2D eigenvalue weighted by atomic mass is 10.2. The Morgan fingerprint density at radius 3 is 1.81 bits per heavy atom. The fourth-order valence-electron chi connectivity index (χ4n) is 1.12. The zero-order valence-electron chi connectivity index (χ0n) is 12.9. The second-order valence-corrected chi connectivity index (χ2v) is 6.91. The van der Waals surface area contributed by atoms with Crippen molar-refractivity contribution in [3.05, 3.63) is 0 Å². The van der Waals surface area contributed by atoms with Gasteiger partial charge in [0, 0.05) is 0 Å². The van der Waals surface area contributed by atoms with Gasteiger partial charge in [0.05, 0.1) is 19.6 Å². The van der Waals surface area contributed by atoms with Crippen LogP contribution in [0.25, 0.3) is 0 Å². The lowest BCUT2D eigenvalue weighted by Gasteiger charge is -2.14. The number of hydrogen-bond acceptors (Lipinski definition) is 7. The summed E-state index contributed by atoms with van der Waals surface area (Å²) in [7, 11) is -4.72. The molecule has 0 aliphatic carbocycles. The molecule has 0 rings (SSSR count). The topological polar surface area (TPSA) is 142 Å². The van der Waals surface area contributed by atoms with Crippen molar-refractivity contribution in [2.24, 2.45) is 11.8 Å². The van der Waals surface area contributed by atoms with Gasteiger partial charge in [-0.05, 0) is 11.8 Å². The normalized spacial score (nSPS) is 12.7. The third-order valence-corrected chi connectivity index (χ3v) is 3.19.